The van der Waals surface area contributed by atoms with Crippen LogP contribution in [-0.4, -0.2) is 10.1 Å². The number of fused-ring (bicyclic) bond motifs is 4. The van der Waals surface area contributed by atoms with Gasteiger partial charge in [-0.2, -0.15) is 0 Å². The lowest BCUT2D eigenvalue weighted by atomic mass is 9.70. The molecule has 3 nitrogen and oxygen atoms in total. The van der Waals surface area contributed by atoms with E-state index in [2.05, 4.69) is 13.8 Å². The Balaban J connectivity index is 1.62. The molecule has 1 spiro atoms. The number of benzene rings is 1. The van der Waals surface area contributed by atoms with Crippen LogP contribution < -0.4 is 0 Å². The Morgan fingerprint density at radius 1 is 1.00 bits per heavy atom. The molecule has 0 bridgehead atoms. The van der Waals surface area contributed by atoms with E-state index in [9.17, 15) is 9.50 Å². The lowest BCUT2D eigenvalue weighted by Gasteiger charge is -2.38. The van der Waals surface area contributed by atoms with E-state index in [-0.39, 0.29) is 22.9 Å². The van der Waals surface area contributed by atoms with Crippen LogP contribution in [0, 0.1) is 11.2 Å². The van der Waals surface area contributed by atoms with Crippen LogP contribution in [0.2, 0.25) is 0 Å². The number of aliphatic hydroxyl groups is 1. The highest BCUT2D eigenvalue weighted by Crippen LogP contribution is 2.60. The van der Waals surface area contributed by atoms with Crippen LogP contribution in [0.15, 0.2) is 24.3 Å². The van der Waals surface area contributed by atoms with Crippen LogP contribution in [0.25, 0.3) is 0 Å². The summed E-state index contributed by atoms with van der Waals surface area (Å²) in [6.45, 7) is 4.49. The molecule has 0 amide bonds. The molecule has 1 aromatic heterocycles. The monoisotopic (exact) mass is 435 g/mol. The quantitative estimate of drug-likeness (QED) is 0.566. The van der Waals surface area contributed by atoms with Crippen molar-refractivity contribution in [1.82, 2.24) is 4.98 Å². The average molecular weight is 436 g/mol. The lowest BCUT2D eigenvalue weighted by Crippen LogP contribution is -2.32. The molecule has 1 aliphatic heterocycles. The Bertz CT molecular complexity index is 1030. The number of hydrogen-bond acceptors (Lipinski definition) is 3. The first-order valence-corrected chi connectivity index (χ1v) is 12.6. The molecular weight excluding hydrogens is 401 g/mol. The zero-order valence-corrected chi connectivity index (χ0v) is 19.3. The molecule has 32 heavy (non-hydrogen) atoms. The third kappa shape index (κ3) is 3.17. The van der Waals surface area contributed by atoms with Crippen LogP contribution in [0.4, 0.5) is 4.39 Å². The van der Waals surface area contributed by atoms with Crippen molar-refractivity contribution in [3.05, 3.63) is 63.7 Å². The summed E-state index contributed by atoms with van der Waals surface area (Å²) in [5, 5.41) is 11.4. The SMILES string of the molecule is CC1(C)Cc2nc(C3CCCC3)c3c(c2[C@@H](O)C1)C1(CCCC1)O[C@@H]3c1ccc(F)cc1. The second kappa shape index (κ2) is 7.36. The molecule has 0 radical (unpaired) electrons. The highest BCUT2D eigenvalue weighted by Gasteiger charge is 2.53. The molecule has 0 unspecified atom stereocenters. The summed E-state index contributed by atoms with van der Waals surface area (Å²) >= 11 is 0. The van der Waals surface area contributed by atoms with Gasteiger partial charge in [-0.3, -0.25) is 4.98 Å². The van der Waals surface area contributed by atoms with E-state index in [1.807, 2.05) is 12.1 Å². The van der Waals surface area contributed by atoms with E-state index in [1.165, 1.54) is 54.6 Å². The minimum atomic E-state index is -0.499. The summed E-state index contributed by atoms with van der Waals surface area (Å²) in [4.78, 5) is 5.35. The Kier molecular flexibility index (Phi) is 4.79. The number of aliphatic hydroxyl groups excluding tert-OH is 1. The fourth-order valence-electron chi connectivity index (χ4n) is 7.12. The van der Waals surface area contributed by atoms with Gasteiger partial charge in [0.15, 0.2) is 0 Å². The van der Waals surface area contributed by atoms with Crippen LogP contribution in [-0.2, 0) is 16.8 Å². The molecular formula is C28H34FNO2. The molecule has 1 aromatic carbocycles. The highest BCUT2D eigenvalue weighted by atomic mass is 19.1. The molecule has 0 saturated heterocycles. The van der Waals surface area contributed by atoms with Gasteiger partial charge >= 0.3 is 0 Å². The maximum absolute atomic E-state index is 13.8. The number of halogens is 1. The maximum Gasteiger partial charge on any atom is 0.123 e. The predicted octanol–water partition coefficient (Wildman–Crippen LogP) is 6.77. The smallest absolute Gasteiger partial charge is 0.123 e. The topological polar surface area (TPSA) is 42.4 Å². The van der Waals surface area contributed by atoms with Crippen LogP contribution in [0.1, 0.15) is 123 Å². The van der Waals surface area contributed by atoms with Crippen molar-refractivity contribution in [2.45, 2.75) is 102 Å². The van der Waals surface area contributed by atoms with E-state index in [4.69, 9.17) is 9.72 Å². The van der Waals surface area contributed by atoms with Gasteiger partial charge < -0.3 is 9.84 Å². The number of hydrogen-bond donors (Lipinski definition) is 1. The summed E-state index contributed by atoms with van der Waals surface area (Å²) in [5.74, 6) is 0.235. The van der Waals surface area contributed by atoms with Gasteiger partial charge in [-0.1, -0.05) is 51.7 Å². The Morgan fingerprint density at radius 2 is 1.69 bits per heavy atom. The summed E-state index contributed by atoms with van der Waals surface area (Å²) < 4.78 is 20.8. The lowest BCUT2D eigenvalue weighted by molar-refractivity contribution is -0.0580. The van der Waals surface area contributed by atoms with E-state index >= 15 is 0 Å². The highest BCUT2D eigenvalue weighted by molar-refractivity contribution is 5.54. The zero-order valence-electron chi connectivity index (χ0n) is 19.3. The number of pyridine rings is 1. The normalized spacial score (nSPS) is 28.2. The van der Waals surface area contributed by atoms with Gasteiger partial charge in [0.05, 0.1) is 17.4 Å². The van der Waals surface area contributed by atoms with Crippen molar-refractivity contribution in [3.63, 3.8) is 0 Å². The molecule has 170 valence electrons. The van der Waals surface area contributed by atoms with Crippen molar-refractivity contribution < 1.29 is 14.2 Å². The molecule has 4 heteroatoms. The maximum atomic E-state index is 13.8. The molecule has 2 fully saturated rings. The van der Waals surface area contributed by atoms with Crippen molar-refractivity contribution in [3.8, 4) is 0 Å². The van der Waals surface area contributed by atoms with E-state index in [1.54, 1.807) is 0 Å². The van der Waals surface area contributed by atoms with Gasteiger partial charge in [0.25, 0.3) is 0 Å². The van der Waals surface area contributed by atoms with Gasteiger partial charge in [-0.05, 0) is 67.2 Å². The number of aromatic nitrogens is 1. The number of rotatable bonds is 2. The molecule has 2 saturated carbocycles. The fourth-order valence-corrected chi connectivity index (χ4v) is 7.12. The van der Waals surface area contributed by atoms with Gasteiger partial charge in [-0.25, -0.2) is 4.39 Å². The minimum absolute atomic E-state index is 0.0409. The van der Waals surface area contributed by atoms with Crippen LogP contribution in [0.5, 0.6) is 0 Å². The Hall–Kier alpha value is -1.78. The average Bonchev–Trinajstić information content (AvgIpc) is 3.49. The molecule has 1 N–H and O–H groups in total. The standard InChI is InChI=1S/C28H34FNO2/c1-27(2)15-20-22(21(31)16-27)24-23(25(30-20)17-7-3-4-8-17)26(18-9-11-19(29)12-10-18)32-28(24)13-5-6-14-28/h9-12,17,21,26,31H,3-8,13-16H2,1-2H3/t21-,26+/m0/s1. The van der Waals surface area contributed by atoms with Crippen LogP contribution in [0.3, 0.4) is 0 Å². The van der Waals surface area contributed by atoms with Gasteiger partial charge in [0.2, 0.25) is 0 Å². The van der Waals surface area contributed by atoms with Gasteiger partial charge in [0, 0.05) is 22.7 Å². The Morgan fingerprint density at radius 3 is 2.38 bits per heavy atom. The number of ether oxygens (including phenoxy) is 1. The molecule has 4 aliphatic rings. The van der Waals surface area contributed by atoms with Crippen molar-refractivity contribution in [2.75, 3.05) is 0 Å². The third-order valence-corrected chi connectivity index (χ3v) is 8.49. The largest absolute Gasteiger partial charge is 0.388 e. The van der Waals surface area contributed by atoms with Gasteiger partial charge in [0.1, 0.15) is 11.9 Å². The van der Waals surface area contributed by atoms with Crippen molar-refractivity contribution in [1.29, 1.82) is 0 Å². The van der Waals surface area contributed by atoms with Gasteiger partial charge in [-0.15, -0.1) is 0 Å². The molecule has 2 atom stereocenters. The molecule has 2 aromatic rings. The first kappa shape index (κ1) is 20.8. The summed E-state index contributed by atoms with van der Waals surface area (Å²) in [5.41, 5.74) is 6.55. The first-order valence-electron chi connectivity index (χ1n) is 12.6. The summed E-state index contributed by atoms with van der Waals surface area (Å²) in [7, 11) is 0. The molecule has 2 heterocycles. The summed E-state index contributed by atoms with van der Waals surface area (Å²) in [6.07, 6.45) is 10.1. The van der Waals surface area contributed by atoms with E-state index in [0.717, 1.165) is 55.3 Å². The predicted molar refractivity (Wildman–Crippen MR) is 122 cm³/mol. The van der Waals surface area contributed by atoms with Crippen LogP contribution >= 0.6 is 0 Å². The van der Waals surface area contributed by atoms with E-state index < -0.39 is 6.10 Å². The second-order valence-electron chi connectivity index (χ2n) is 11.4. The first-order chi connectivity index (χ1) is 15.4. The molecule has 3 aliphatic carbocycles. The van der Waals surface area contributed by atoms with Crippen molar-refractivity contribution in [2.24, 2.45) is 5.41 Å². The summed E-state index contributed by atoms with van der Waals surface area (Å²) in [6, 6.07) is 6.82. The fraction of sp³-hybridized carbons (Fsp3) is 0.607. The third-order valence-electron chi connectivity index (χ3n) is 8.49. The van der Waals surface area contributed by atoms with Crippen molar-refractivity contribution >= 4 is 0 Å². The number of nitrogens with zero attached hydrogens (tertiary/aromatic N) is 1. The zero-order chi connectivity index (χ0) is 22.1. The minimum Gasteiger partial charge on any atom is -0.388 e. The molecule has 6 rings (SSSR count). The second-order valence-corrected chi connectivity index (χ2v) is 11.4. The van der Waals surface area contributed by atoms with E-state index in [0.29, 0.717) is 5.92 Å². The Labute approximate surface area is 190 Å².